The number of methoxy groups -OCH3 is 2. The van der Waals surface area contributed by atoms with E-state index >= 15 is 0 Å². The Bertz CT molecular complexity index is 704. The van der Waals surface area contributed by atoms with Crippen molar-refractivity contribution in [3.8, 4) is 23.0 Å². The number of rotatable bonds is 5. The molecule has 1 aliphatic rings. The van der Waals surface area contributed by atoms with E-state index < -0.39 is 6.10 Å². The van der Waals surface area contributed by atoms with Gasteiger partial charge in [0.1, 0.15) is 25.1 Å². The van der Waals surface area contributed by atoms with Gasteiger partial charge in [-0.05, 0) is 5.56 Å². The zero-order chi connectivity index (χ0) is 17.1. The Morgan fingerprint density at radius 2 is 1.88 bits per heavy atom. The predicted molar refractivity (Wildman–Crippen MR) is 93.5 cm³/mol. The van der Waals surface area contributed by atoms with Crippen molar-refractivity contribution in [3.63, 3.8) is 0 Å². The molecule has 0 bridgehead atoms. The summed E-state index contributed by atoms with van der Waals surface area (Å²) in [5.74, 6) is 1.92. The molecular formula is C18H19BrO5. The van der Waals surface area contributed by atoms with Crippen molar-refractivity contribution in [2.75, 3.05) is 20.8 Å². The third kappa shape index (κ3) is 3.16. The van der Waals surface area contributed by atoms with Crippen molar-refractivity contribution in [2.24, 2.45) is 0 Å². The van der Waals surface area contributed by atoms with Gasteiger partial charge in [-0.25, -0.2) is 0 Å². The van der Waals surface area contributed by atoms with E-state index in [1.54, 1.807) is 13.2 Å². The van der Waals surface area contributed by atoms with Crippen LogP contribution in [0, 0.1) is 0 Å². The molecule has 1 N–H and O–H groups in total. The summed E-state index contributed by atoms with van der Waals surface area (Å²) in [6.45, 7) is 0.755. The number of fused-ring (bicyclic) bond motifs is 1. The van der Waals surface area contributed by atoms with Crippen LogP contribution in [0.1, 0.15) is 17.2 Å². The summed E-state index contributed by atoms with van der Waals surface area (Å²) >= 11 is 3.41. The van der Waals surface area contributed by atoms with Gasteiger partial charge in [0.25, 0.3) is 0 Å². The topological polar surface area (TPSA) is 57.2 Å². The minimum atomic E-state index is -0.749. The lowest BCUT2D eigenvalue weighted by molar-refractivity contribution is 0.119. The number of aliphatic hydroxyl groups is 1. The maximum absolute atomic E-state index is 10.5. The van der Waals surface area contributed by atoms with Crippen LogP contribution in [-0.4, -0.2) is 30.8 Å². The highest BCUT2D eigenvalue weighted by molar-refractivity contribution is 9.09. The van der Waals surface area contributed by atoms with Crippen molar-refractivity contribution in [3.05, 3.63) is 47.5 Å². The minimum absolute atomic E-state index is 0.209. The summed E-state index contributed by atoms with van der Waals surface area (Å²) in [5.41, 5.74) is 1.60. The molecule has 2 unspecified atom stereocenters. The summed E-state index contributed by atoms with van der Waals surface area (Å²) in [6, 6.07) is 11.6. The molecule has 0 fully saturated rings. The van der Waals surface area contributed by atoms with Gasteiger partial charge in [-0.2, -0.15) is 0 Å². The predicted octanol–water partition coefficient (Wildman–Crippen LogP) is 3.47. The van der Waals surface area contributed by atoms with Gasteiger partial charge in [0.15, 0.2) is 11.5 Å². The SMILES string of the molecule is COc1c(OCc2ccccc2)cc2c(c1OC)C(O)C(Br)CO2. The Kier molecular flexibility index (Phi) is 5.16. The molecule has 0 saturated carbocycles. The molecule has 0 aliphatic carbocycles. The summed E-state index contributed by atoms with van der Waals surface area (Å²) in [4.78, 5) is -0.209. The van der Waals surface area contributed by atoms with Crippen LogP contribution in [0.2, 0.25) is 0 Å². The molecule has 1 aliphatic heterocycles. The van der Waals surface area contributed by atoms with Crippen molar-refractivity contribution in [1.29, 1.82) is 0 Å². The molecule has 0 amide bonds. The van der Waals surface area contributed by atoms with Gasteiger partial charge in [-0.15, -0.1) is 0 Å². The highest BCUT2D eigenvalue weighted by Crippen LogP contribution is 2.50. The van der Waals surface area contributed by atoms with E-state index in [0.717, 1.165) is 5.56 Å². The molecule has 0 aromatic heterocycles. The second-order valence-electron chi connectivity index (χ2n) is 5.40. The minimum Gasteiger partial charge on any atom is -0.492 e. The number of halogens is 1. The van der Waals surface area contributed by atoms with E-state index in [1.807, 2.05) is 30.3 Å². The van der Waals surface area contributed by atoms with E-state index in [4.69, 9.17) is 18.9 Å². The number of benzene rings is 2. The molecule has 2 aromatic rings. The molecule has 2 aromatic carbocycles. The van der Waals surface area contributed by atoms with Crippen LogP contribution in [0.3, 0.4) is 0 Å². The van der Waals surface area contributed by atoms with Crippen LogP contribution in [-0.2, 0) is 6.61 Å². The number of ether oxygens (including phenoxy) is 4. The maximum Gasteiger partial charge on any atom is 0.203 e. The van der Waals surface area contributed by atoms with Gasteiger partial charge in [-0.1, -0.05) is 46.3 Å². The van der Waals surface area contributed by atoms with Crippen molar-refractivity contribution >= 4 is 15.9 Å². The number of aliphatic hydroxyl groups excluding tert-OH is 1. The van der Waals surface area contributed by atoms with E-state index in [1.165, 1.54) is 7.11 Å². The third-order valence-corrected chi connectivity index (χ3v) is 4.65. The molecule has 24 heavy (non-hydrogen) atoms. The molecule has 3 rings (SSSR count). The van der Waals surface area contributed by atoms with Gasteiger partial charge in [-0.3, -0.25) is 0 Å². The van der Waals surface area contributed by atoms with Gasteiger partial charge >= 0.3 is 0 Å². The van der Waals surface area contributed by atoms with Gasteiger partial charge < -0.3 is 24.1 Å². The first-order chi connectivity index (χ1) is 11.7. The second kappa shape index (κ2) is 7.32. The summed E-state index contributed by atoms with van der Waals surface area (Å²) < 4.78 is 22.6. The van der Waals surface area contributed by atoms with Gasteiger partial charge in [0.2, 0.25) is 5.75 Å². The Balaban J connectivity index is 1.98. The molecule has 1 heterocycles. The summed E-state index contributed by atoms with van der Waals surface area (Å²) in [6.07, 6.45) is -0.749. The largest absolute Gasteiger partial charge is 0.492 e. The first-order valence-corrected chi connectivity index (χ1v) is 8.47. The maximum atomic E-state index is 10.5. The van der Waals surface area contributed by atoms with Crippen LogP contribution >= 0.6 is 15.9 Å². The monoisotopic (exact) mass is 394 g/mol. The number of hydrogen-bond acceptors (Lipinski definition) is 5. The van der Waals surface area contributed by atoms with E-state index in [2.05, 4.69) is 15.9 Å². The van der Waals surface area contributed by atoms with Crippen molar-refractivity contribution in [1.82, 2.24) is 0 Å². The lowest BCUT2D eigenvalue weighted by Crippen LogP contribution is -2.26. The van der Waals surface area contributed by atoms with Crippen LogP contribution in [0.15, 0.2) is 36.4 Å². The molecule has 5 nitrogen and oxygen atoms in total. The first kappa shape index (κ1) is 16.9. The van der Waals surface area contributed by atoms with Gasteiger partial charge in [0.05, 0.1) is 24.6 Å². The lowest BCUT2D eigenvalue weighted by Gasteiger charge is -2.29. The number of hydrogen-bond donors (Lipinski definition) is 1. The Hall–Kier alpha value is -1.92. The summed E-state index contributed by atoms with van der Waals surface area (Å²) in [7, 11) is 3.07. The molecular weight excluding hydrogens is 376 g/mol. The van der Waals surface area contributed by atoms with Crippen LogP contribution in [0.4, 0.5) is 0 Å². The Morgan fingerprint density at radius 3 is 2.54 bits per heavy atom. The third-order valence-electron chi connectivity index (χ3n) is 3.88. The van der Waals surface area contributed by atoms with Crippen molar-refractivity contribution < 1.29 is 24.1 Å². The van der Waals surface area contributed by atoms with Crippen LogP contribution in [0.25, 0.3) is 0 Å². The first-order valence-electron chi connectivity index (χ1n) is 7.56. The average Bonchev–Trinajstić information content (AvgIpc) is 2.62. The van der Waals surface area contributed by atoms with Crippen molar-refractivity contribution in [2.45, 2.75) is 17.5 Å². The summed E-state index contributed by atoms with van der Waals surface area (Å²) in [5, 5.41) is 10.5. The van der Waals surface area contributed by atoms with Crippen LogP contribution in [0.5, 0.6) is 23.0 Å². The van der Waals surface area contributed by atoms with E-state index in [0.29, 0.717) is 41.8 Å². The zero-order valence-electron chi connectivity index (χ0n) is 13.5. The van der Waals surface area contributed by atoms with Gasteiger partial charge in [0, 0.05) is 6.07 Å². The van der Waals surface area contributed by atoms with Crippen LogP contribution < -0.4 is 18.9 Å². The molecule has 6 heteroatoms. The Labute approximate surface area is 149 Å². The fourth-order valence-electron chi connectivity index (χ4n) is 2.69. The molecule has 2 atom stereocenters. The molecule has 128 valence electrons. The zero-order valence-corrected chi connectivity index (χ0v) is 15.1. The van der Waals surface area contributed by atoms with E-state index in [-0.39, 0.29) is 4.83 Å². The molecule has 0 spiro atoms. The Morgan fingerprint density at radius 1 is 1.17 bits per heavy atom. The highest BCUT2D eigenvalue weighted by atomic mass is 79.9. The second-order valence-corrected chi connectivity index (χ2v) is 6.58. The molecule has 0 radical (unpaired) electrons. The number of alkyl halides is 1. The normalized spacial score (nSPS) is 19.2. The van der Waals surface area contributed by atoms with E-state index in [9.17, 15) is 5.11 Å². The highest BCUT2D eigenvalue weighted by Gasteiger charge is 2.34. The smallest absolute Gasteiger partial charge is 0.203 e. The lowest BCUT2D eigenvalue weighted by atomic mass is 10.0. The molecule has 0 saturated heterocycles. The average molecular weight is 395 g/mol. The fraction of sp³-hybridized carbons (Fsp3) is 0.333. The quantitative estimate of drug-likeness (QED) is 0.786. The fourth-order valence-corrected chi connectivity index (χ4v) is 3.08. The standard InChI is InChI=1S/C18H19BrO5/c1-21-17-14(23-9-11-6-4-3-5-7-11)8-13-15(18(17)22-2)16(20)12(19)10-24-13/h3-8,12,16,20H,9-10H2,1-2H3.